The molecule has 2 aromatic rings. The first kappa shape index (κ1) is 16.6. The smallest absolute Gasteiger partial charge is 0.116 e. The summed E-state index contributed by atoms with van der Waals surface area (Å²) >= 11 is 0. The number of aromatic hydroxyl groups is 1. The van der Waals surface area contributed by atoms with Crippen LogP contribution in [-0.2, 0) is 0 Å². The predicted octanol–water partition coefficient (Wildman–Crippen LogP) is 2.02. The number of rotatable bonds is 4. The van der Waals surface area contributed by atoms with Gasteiger partial charge in [-0.25, -0.2) is 0 Å². The van der Waals surface area contributed by atoms with E-state index in [9.17, 15) is 5.11 Å². The maximum Gasteiger partial charge on any atom is 0.116 e. The van der Waals surface area contributed by atoms with Crippen LogP contribution in [0.5, 0.6) is 5.75 Å². The van der Waals surface area contributed by atoms with Crippen LogP contribution in [0, 0.1) is 5.41 Å². The standard InChI is InChI=1S/C21H23N5O/c27-19-8-4-5-17(9-19)10-22-23-20(18-6-2-1-3-7-18)21-11-24-14-25(12-21)16-26(13-21)15-24/h1-10,27H,11-16H2. The maximum absolute atomic E-state index is 9.64. The third kappa shape index (κ3) is 3.16. The third-order valence-electron chi connectivity index (χ3n) is 5.56. The minimum atomic E-state index is -0.0216. The zero-order valence-electron chi connectivity index (χ0n) is 15.2. The van der Waals surface area contributed by atoms with Crippen molar-refractivity contribution in [3.8, 4) is 5.75 Å². The largest absolute Gasteiger partial charge is 0.508 e. The molecule has 2 aromatic carbocycles. The third-order valence-corrected chi connectivity index (χ3v) is 5.56. The van der Waals surface area contributed by atoms with Gasteiger partial charge in [0.1, 0.15) is 5.75 Å². The Labute approximate surface area is 159 Å². The summed E-state index contributed by atoms with van der Waals surface area (Å²) in [7, 11) is 0. The van der Waals surface area contributed by atoms with Gasteiger partial charge in [0, 0.05) is 19.6 Å². The van der Waals surface area contributed by atoms with E-state index in [1.54, 1.807) is 18.3 Å². The number of phenols is 1. The van der Waals surface area contributed by atoms with Gasteiger partial charge in [-0.05, 0) is 23.3 Å². The zero-order valence-corrected chi connectivity index (χ0v) is 15.2. The molecule has 0 atom stereocenters. The molecule has 1 N–H and O–H groups in total. The molecule has 27 heavy (non-hydrogen) atoms. The van der Waals surface area contributed by atoms with Gasteiger partial charge in [-0.1, -0.05) is 42.5 Å². The Hall–Kier alpha value is -2.54. The summed E-state index contributed by atoms with van der Waals surface area (Å²) in [4.78, 5) is 7.48. The Balaban J connectivity index is 1.52. The van der Waals surface area contributed by atoms with E-state index in [0.29, 0.717) is 0 Å². The molecular weight excluding hydrogens is 338 g/mol. The van der Waals surface area contributed by atoms with Crippen LogP contribution < -0.4 is 0 Å². The molecular formula is C21H23N5O. The summed E-state index contributed by atoms with van der Waals surface area (Å²) in [5.74, 6) is 0.237. The summed E-state index contributed by atoms with van der Waals surface area (Å²) in [6.07, 6.45) is 1.71. The highest BCUT2D eigenvalue weighted by atomic mass is 16.3. The van der Waals surface area contributed by atoms with Crippen molar-refractivity contribution >= 4 is 11.9 Å². The first-order valence-corrected chi connectivity index (χ1v) is 9.33. The Kier molecular flexibility index (Phi) is 4.04. The fraction of sp³-hybridized carbons (Fsp3) is 0.333. The van der Waals surface area contributed by atoms with Crippen molar-refractivity contribution in [3.05, 3.63) is 65.7 Å². The average Bonchev–Trinajstić information content (AvgIpc) is 2.65. The molecule has 4 fully saturated rings. The van der Waals surface area contributed by atoms with Crippen molar-refractivity contribution in [1.82, 2.24) is 14.7 Å². The van der Waals surface area contributed by atoms with Crippen LogP contribution in [0.3, 0.4) is 0 Å². The van der Waals surface area contributed by atoms with E-state index >= 15 is 0 Å². The molecule has 0 aromatic heterocycles. The average molecular weight is 361 g/mol. The lowest BCUT2D eigenvalue weighted by Crippen LogP contribution is -2.74. The van der Waals surface area contributed by atoms with E-state index in [1.165, 1.54) is 0 Å². The molecule has 4 aliphatic rings. The van der Waals surface area contributed by atoms with Crippen molar-refractivity contribution < 1.29 is 5.11 Å². The molecule has 4 bridgehead atoms. The van der Waals surface area contributed by atoms with E-state index in [0.717, 1.165) is 56.5 Å². The summed E-state index contributed by atoms with van der Waals surface area (Å²) < 4.78 is 0. The SMILES string of the molecule is Oc1cccc(C=NN=C(c2ccccc2)C23CN4CN(CN(C4)C2)C3)c1. The van der Waals surface area contributed by atoms with Gasteiger partial charge in [0.05, 0.1) is 37.3 Å². The number of phenolic OH excluding ortho intramolecular Hbond substituents is 1. The highest BCUT2D eigenvalue weighted by Gasteiger charge is 2.51. The molecule has 138 valence electrons. The quantitative estimate of drug-likeness (QED) is 0.669. The van der Waals surface area contributed by atoms with Gasteiger partial charge in [0.15, 0.2) is 0 Å². The van der Waals surface area contributed by atoms with Gasteiger partial charge >= 0.3 is 0 Å². The van der Waals surface area contributed by atoms with E-state index in [4.69, 9.17) is 5.10 Å². The second-order valence-electron chi connectivity index (χ2n) is 7.85. The van der Waals surface area contributed by atoms with E-state index in [1.807, 2.05) is 18.2 Å². The van der Waals surface area contributed by atoms with Gasteiger partial charge in [0.25, 0.3) is 0 Å². The fourth-order valence-corrected chi connectivity index (χ4v) is 4.77. The molecule has 0 radical (unpaired) electrons. The van der Waals surface area contributed by atoms with Crippen molar-refractivity contribution in [2.45, 2.75) is 0 Å². The highest BCUT2D eigenvalue weighted by molar-refractivity contribution is 6.05. The summed E-state index contributed by atoms with van der Waals surface area (Å²) in [6.45, 7) is 6.22. The van der Waals surface area contributed by atoms with Crippen molar-refractivity contribution in [2.75, 3.05) is 39.6 Å². The van der Waals surface area contributed by atoms with Crippen molar-refractivity contribution in [2.24, 2.45) is 15.6 Å². The summed E-state index contributed by atoms with van der Waals surface area (Å²) in [5, 5.41) is 18.8. The minimum Gasteiger partial charge on any atom is -0.508 e. The zero-order chi connectivity index (χ0) is 18.3. The van der Waals surface area contributed by atoms with Crippen LogP contribution in [0.2, 0.25) is 0 Å². The lowest BCUT2D eigenvalue weighted by Gasteiger charge is -2.60. The monoisotopic (exact) mass is 361 g/mol. The van der Waals surface area contributed by atoms with Gasteiger partial charge in [-0.15, -0.1) is 0 Å². The molecule has 0 unspecified atom stereocenters. The van der Waals surface area contributed by atoms with E-state index in [2.05, 4.69) is 44.1 Å². The predicted molar refractivity (Wildman–Crippen MR) is 106 cm³/mol. The Morgan fingerprint density at radius 2 is 1.56 bits per heavy atom. The van der Waals surface area contributed by atoms with Crippen LogP contribution in [0.1, 0.15) is 11.1 Å². The van der Waals surface area contributed by atoms with E-state index in [-0.39, 0.29) is 11.2 Å². The molecule has 6 rings (SSSR count). The van der Waals surface area contributed by atoms with Gasteiger partial charge < -0.3 is 5.11 Å². The van der Waals surface area contributed by atoms with Crippen molar-refractivity contribution in [1.29, 1.82) is 0 Å². The molecule has 6 heteroatoms. The second-order valence-corrected chi connectivity index (χ2v) is 7.85. The Morgan fingerprint density at radius 3 is 2.19 bits per heavy atom. The van der Waals surface area contributed by atoms with Gasteiger partial charge in [0.2, 0.25) is 0 Å². The molecule has 0 amide bonds. The maximum atomic E-state index is 9.64. The number of benzene rings is 2. The Morgan fingerprint density at radius 1 is 0.889 bits per heavy atom. The van der Waals surface area contributed by atoms with Crippen LogP contribution in [0.25, 0.3) is 0 Å². The van der Waals surface area contributed by atoms with Crippen LogP contribution in [-0.4, -0.2) is 71.4 Å². The van der Waals surface area contributed by atoms with Crippen molar-refractivity contribution in [3.63, 3.8) is 0 Å². The number of hydrogen-bond donors (Lipinski definition) is 1. The molecule has 6 nitrogen and oxygen atoms in total. The second kappa shape index (κ2) is 6.56. The van der Waals surface area contributed by atoms with Gasteiger partial charge in [-0.3, -0.25) is 14.7 Å². The number of hydrogen-bond acceptors (Lipinski definition) is 6. The van der Waals surface area contributed by atoms with Crippen LogP contribution in [0.4, 0.5) is 0 Å². The molecule has 4 aliphatic heterocycles. The highest BCUT2D eigenvalue weighted by Crippen LogP contribution is 2.38. The normalized spacial score (nSPS) is 32.3. The first-order valence-electron chi connectivity index (χ1n) is 9.33. The van der Waals surface area contributed by atoms with E-state index < -0.39 is 0 Å². The lowest BCUT2D eigenvalue weighted by atomic mass is 9.74. The minimum absolute atomic E-state index is 0.0216. The summed E-state index contributed by atoms with van der Waals surface area (Å²) in [5.41, 5.74) is 3.01. The summed E-state index contributed by atoms with van der Waals surface area (Å²) in [6, 6.07) is 17.5. The molecule has 0 spiro atoms. The van der Waals surface area contributed by atoms with Crippen LogP contribution in [0.15, 0.2) is 64.8 Å². The first-order chi connectivity index (χ1) is 13.2. The van der Waals surface area contributed by atoms with Crippen LogP contribution >= 0.6 is 0 Å². The molecule has 0 saturated carbocycles. The Bertz CT molecular complexity index is 857. The molecule has 4 heterocycles. The number of nitrogens with zero attached hydrogens (tertiary/aromatic N) is 5. The topological polar surface area (TPSA) is 54.7 Å². The lowest BCUT2D eigenvalue weighted by molar-refractivity contribution is -0.149. The van der Waals surface area contributed by atoms with Gasteiger partial charge in [-0.2, -0.15) is 10.2 Å². The fourth-order valence-electron chi connectivity index (χ4n) is 4.77. The molecule has 4 saturated heterocycles. The molecule has 0 aliphatic carbocycles.